The van der Waals surface area contributed by atoms with Crippen LogP contribution < -0.4 is 0 Å². The predicted molar refractivity (Wildman–Crippen MR) is 162 cm³/mol. The minimum Gasteiger partial charge on any atom is -0.354 e. The number of hydrogen-bond donors (Lipinski definition) is 1. The van der Waals surface area contributed by atoms with Gasteiger partial charge in [-0.3, -0.25) is 0 Å². The first-order valence-corrected chi connectivity index (χ1v) is 15.8. The highest BCUT2D eigenvalue weighted by Gasteiger charge is 2.13. The van der Waals surface area contributed by atoms with E-state index in [1.165, 1.54) is 107 Å². The van der Waals surface area contributed by atoms with E-state index in [9.17, 15) is 0 Å². The SMILES string of the molecule is CCCCCCCCSc1ccc2c(c1)sc1c2ccc2c1ccc1c3ccc(SC)cc3[nH]c12. The van der Waals surface area contributed by atoms with Crippen LogP contribution in [0.1, 0.15) is 45.4 Å². The number of benzene rings is 4. The topological polar surface area (TPSA) is 15.8 Å². The Balaban J connectivity index is 1.34. The van der Waals surface area contributed by atoms with Gasteiger partial charge in [0.2, 0.25) is 0 Å². The van der Waals surface area contributed by atoms with E-state index in [0.717, 1.165) is 0 Å². The molecule has 0 aliphatic heterocycles. The molecule has 6 rings (SSSR count). The van der Waals surface area contributed by atoms with Crippen molar-refractivity contribution in [3.8, 4) is 0 Å². The minimum absolute atomic E-state index is 1.22. The van der Waals surface area contributed by atoms with Gasteiger partial charge in [-0.05, 0) is 42.7 Å². The molecule has 0 atom stereocenters. The number of rotatable bonds is 9. The fraction of sp³-hybridized carbons (Fsp3) is 0.290. The van der Waals surface area contributed by atoms with Gasteiger partial charge >= 0.3 is 0 Å². The second kappa shape index (κ2) is 10.1. The molecular weight excluding hydrogens is 483 g/mol. The Bertz CT molecular complexity index is 1660. The van der Waals surface area contributed by atoms with Crippen LogP contribution in [0.3, 0.4) is 0 Å². The fourth-order valence-corrected chi connectivity index (χ4v) is 8.00. The summed E-state index contributed by atoms with van der Waals surface area (Å²) in [6.07, 6.45) is 10.3. The maximum atomic E-state index is 3.74. The summed E-state index contributed by atoms with van der Waals surface area (Å²) in [5.41, 5.74) is 2.48. The van der Waals surface area contributed by atoms with Crippen molar-refractivity contribution in [2.75, 3.05) is 12.0 Å². The van der Waals surface area contributed by atoms with E-state index >= 15 is 0 Å². The van der Waals surface area contributed by atoms with Crippen LogP contribution in [-0.2, 0) is 0 Å². The summed E-state index contributed by atoms with van der Waals surface area (Å²) in [6, 6.07) is 23.1. The summed E-state index contributed by atoms with van der Waals surface area (Å²) in [5.74, 6) is 1.22. The van der Waals surface area contributed by atoms with Gasteiger partial charge in [0.25, 0.3) is 0 Å². The Kier molecular flexibility index (Phi) is 6.70. The molecule has 1 N–H and O–H groups in total. The average molecular weight is 514 g/mol. The predicted octanol–water partition coefficient (Wildman–Crippen LogP) is 11.0. The molecule has 0 spiro atoms. The Hall–Kier alpha value is -2.14. The first kappa shape index (κ1) is 23.3. The van der Waals surface area contributed by atoms with Crippen molar-refractivity contribution in [3.63, 3.8) is 0 Å². The second-order valence-electron chi connectivity index (χ2n) is 9.44. The molecule has 0 saturated carbocycles. The standard InChI is InChI=1S/C31H31NS3/c1-3-4-5-6-7-8-17-34-21-10-12-23-26-15-14-25-27(31(26)35-29(23)19-21)16-13-24-22-11-9-20(33-2)18-28(22)32-30(24)25/h9-16,18-19,32H,3-8,17H2,1-2H3. The third-order valence-electron chi connectivity index (χ3n) is 7.15. The maximum absolute atomic E-state index is 3.74. The van der Waals surface area contributed by atoms with Crippen molar-refractivity contribution in [2.24, 2.45) is 0 Å². The van der Waals surface area contributed by atoms with E-state index < -0.39 is 0 Å². The molecule has 6 aromatic rings. The van der Waals surface area contributed by atoms with Crippen LogP contribution in [0.25, 0.3) is 52.8 Å². The van der Waals surface area contributed by atoms with Crippen molar-refractivity contribution in [1.82, 2.24) is 4.98 Å². The van der Waals surface area contributed by atoms with Crippen molar-refractivity contribution in [2.45, 2.75) is 55.2 Å². The van der Waals surface area contributed by atoms with Gasteiger partial charge in [0.05, 0.1) is 5.52 Å². The molecule has 2 heterocycles. The molecule has 0 unspecified atom stereocenters. The Morgan fingerprint density at radius 3 is 2.17 bits per heavy atom. The van der Waals surface area contributed by atoms with Gasteiger partial charge in [-0.2, -0.15) is 0 Å². The van der Waals surface area contributed by atoms with Gasteiger partial charge in [-0.25, -0.2) is 0 Å². The largest absolute Gasteiger partial charge is 0.354 e. The van der Waals surface area contributed by atoms with Gasteiger partial charge in [-0.15, -0.1) is 34.9 Å². The molecule has 1 nitrogen and oxygen atoms in total. The molecular formula is C31H31NS3. The van der Waals surface area contributed by atoms with E-state index in [2.05, 4.69) is 78.8 Å². The maximum Gasteiger partial charge on any atom is 0.0545 e. The Morgan fingerprint density at radius 1 is 0.686 bits per heavy atom. The Morgan fingerprint density at radius 2 is 1.34 bits per heavy atom. The molecule has 0 radical (unpaired) electrons. The number of nitrogens with one attached hydrogen (secondary N) is 1. The summed E-state index contributed by atoms with van der Waals surface area (Å²) >= 11 is 5.76. The van der Waals surface area contributed by atoms with Crippen molar-refractivity contribution in [1.29, 1.82) is 0 Å². The van der Waals surface area contributed by atoms with Crippen LogP contribution in [-0.4, -0.2) is 17.0 Å². The molecule has 0 saturated heterocycles. The van der Waals surface area contributed by atoms with Crippen LogP contribution in [0.2, 0.25) is 0 Å². The summed E-state index contributed by atoms with van der Waals surface area (Å²) in [7, 11) is 0. The molecule has 0 aliphatic carbocycles. The van der Waals surface area contributed by atoms with Crippen LogP contribution in [0, 0.1) is 0 Å². The molecule has 0 bridgehead atoms. The summed E-state index contributed by atoms with van der Waals surface area (Å²) in [5, 5.41) is 8.06. The van der Waals surface area contributed by atoms with Gasteiger partial charge in [0.1, 0.15) is 0 Å². The van der Waals surface area contributed by atoms with Gasteiger partial charge in [-0.1, -0.05) is 75.4 Å². The second-order valence-corrected chi connectivity index (χ2v) is 12.5. The lowest BCUT2D eigenvalue weighted by atomic mass is 10.0. The zero-order valence-electron chi connectivity index (χ0n) is 20.4. The quantitative estimate of drug-likeness (QED) is 0.153. The number of fused-ring (bicyclic) bond motifs is 9. The Labute approximate surface area is 219 Å². The van der Waals surface area contributed by atoms with Crippen LogP contribution in [0.15, 0.2) is 70.5 Å². The fourth-order valence-electron chi connectivity index (χ4n) is 5.26. The molecule has 4 aromatic carbocycles. The van der Waals surface area contributed by atoms with E-state index in [1.54, 1.807) is 11.8 Å². The van der Waals surface area contributed by atoms with Crippen LogP contribution in [0.5, 0.6) is 0 Å². The third-order valence-corrected chi connectivity index (χ3v) is 10.2. The normalized spacial score (nSPS) is 12.2. The number of hydrogen-bond acceptors (Lipinski definition) is 3. The lowest BCUT2D eigenvalue weighted by molar-refractivity contribution is 0.627. The highest BCUT2D eigenvalue weighted by atomic mass is 32.2. The average Bonchev–Trinajstić information content (AvgIpc) is 3.45. The molecule has 0 fully saturated rings. The first-order chi connectivity index (χ1) is 17.3. The lowest BCUT2D eigenvalue weighted by Crippen LogP contribution is -1.82. The molecule has 35 heavy (non-hydrogen) atoms. The molecule has 2 aromatic heterocycles. The lowest BCUT2D eigenvalue weighted by Gasteiger charge is -2.03. The minimum atomic E-state index is 1.22. The molecule has 0 aliphatic rings. The van der Waals surface area contributed by atoms with E-state index in [0.29, 0.717) is 0 Å². The van der Waals surface area contributed by atoms with E-state index in [4.69, 9.17) is 0 Å². The third kappa shape index (κ3) is 4.34. The molecule has 0 amide bonds. The van der Waals surface area contributed by atoms with Crippen molar-refractivity contribution in [3.05, 3.63) is 60.7 Å². The van der Waals surface area contributed by atoms with Crippen molar-refractivity contribution < 1.29 is 0 Å². The number of thiophene rings is 1. The zero-order valence-corrected chi connectivity index (χ0v) is 22.9. The van der Waals surface area contributed by atoms with Gasteiger partial charge in [0.15, 0.2) is 0 Å². The van der Waals surface area contributed by atoms with Crippen molar-refractivity contribution >= 4 is 87.6 Å². The zero-order chi connectivity index (χ0) is 23.8. The smallest absolute Gasteiger partial charge is 0.0545 e. The number of aromatic nitrogens is 1. The first-order valence-electron chi connectivity index (χ1n) is 12.8. The number of thioether (sulfide) groups is 2. The van der Waals surface area contributed by atoms with Gasteiger partial charge in [0, 0.05) is 57.0 Å². The number of aromatic amines is 1. The van der Waals surface area contributed by atoms with Crippen LogP contribution in [0.4, 0.5) is 0 Å². The van der Waals surface area contributed by atoms with Gasteiger partial charge < -0.3 is 4.98 Å². The summed E-state index contributed by atoms with van der Waals surface area (Å²) < 4.78 is 2.81. The molecule has 4 heteroatoms. The summed E-state index contributed by atoms with van der Waals surface area (Å²) in [6.45, 7) is 2.28. The summed E-state index contributed by atoms with van der Waals surface area (Å²) in [4.78, 5) is 6.44. The van der Waals surface area contributed by atoms with E-state index in [-0.39, 0.29) is 0 Å². The monoisotopic (exact) mass is 513 g/mol. The highest BCUT2D eigenvalue weighted by molar-refractivity contribution is 7.99. The van der Waals surface area contributed by atoms with E-state index in [1.807, 2.05) is 23.1 Å². The molecule has 178 valence electrons. The van der Waals surface area contributed by atoms with Crippen LogP contribution >= 0.6 is 34.9 Å². The highest BCUT2D eigenvalue weighted by Crippen LogP contribution is 2.42. The number of H-pyrrole nitrogens is 1. The number of unbranched alkanes of at least 4 members (excludes halogenated alkanes) is 5.